The van der Waals surface area contributed by atoms with Gasteiger partial charge in [0.15, 0.2) is 0 Å². The van der Waals surface area contributed by atoms with E-state index < -0.39 is 0 Å². The molecule has 0 saturated carbocycles. The molecule has 3 nitrogen and oxygen atoms in total. The molecular weight excluding hydrogens is 256 g/mol. The van der Waals surface area contributed by atoms with Crippen LogP contribution in [-0.4, -0.2) is 28.9 Å². The van der Waals surface area contributed by atoms with Crippen LogP contribution in [0.1, 0.15) is 47.2 Å². The molecule has 3 rings (SSSR count). The van der Waals surface area contributed by atoms with Crippen LogP contribution >= 0.6 is 11.3 Å². The van der Waals surface area contributed by atoms with Crippen LogP contribution in [0.15, 0.2) is 12.7 Å². The Bertz CT molecular complexity index is 471. The minimum atomic E-state index is 0.0611. The fraction of sp³-hybridized carbons (Fsp3) is 0.600. The second-order valence-corrected chi connectivity index (χ2v) is 6.57. The quantitative estimate of drug-likeness (QED) is 0.778. The van der Waals surface area contributed by atoms with Crippen molar-refractivity contribution in [3.63, 3.8) is 0 Å². The van der Waals surface area contributed by atoms with Crippen molar-refractivity contribution in [2.75, 3.05) is 13.1 Å². The smallest absolute Gasteiger partial charge is 0.245 e. The summed E-state index contributed by atoms with van der Waals surface area (Å²) in [5.74, 6) is 0.499. The largest absolute Gasteiger partial charge is 0.338 e. The van der Waals surface area contributed by atoms with Gasteiger partial charge in [-0.15, -0.1) is 11.3 Å². The Hall–Kier alpha value is -1.16. The van der Waals surface area contributed by atoms with Gasteiger partial charge in [0.25, 0.3) is 0 Å². The second kappa shape index (κ2) is 5.45. The van der Waals surface area contributed by atoms with Crippen molar-refractivity contribution in [3.05, 3.63) is 28.2 Å². The molecule has 1 saturated heterocycles. The third-order valence-electron chi connectivity index (χ3n) is 4.12. The summed E-state index contributed by atoms with van der Waals surface area (Å²) in [5.41, 5.74) is 1.33. The van der Waals surface area contributed by atoms with Crippen LogP contribution in [0.4, 0.5) is 0 Å². The van der Waals surface area contributed by atoms with E-state index in [2.05, 4.69) is 6.58 Å². The molecule has 1 atom stereocenters. The minimum absolute atomic E-state index is 0.0611. The summed E-state index contributed by atoms with van der Waals surface area (Å²) in [6.45, 7) is 5.27. The molecule has 1 aromatic heterocycles. The third-order valence-corrected chi connectivity index (χ3v) is 5.44. The molecule has 0 N–H and O–H groups in total. The van der Waals surface area contributed by atoms with Gasteiger partial charge in [0.1, 0.15) is 0 Å². The lowest BCUT2D eigenvalue weighted by Gasteiger charge is -2.31. The minimum Gasteiger partial charge on any atom is -0.338 e. The van der Waals surface area contributed by atoms with E-state index in [1.165, 1.54) is 40.9 Å². The Morgan fingerprint density at radius 1 is 1.37 bits per heavy atom. The predicted octanol–water partition coefficient (Wildman–Crippen LogP) is 2.91. The number of hydrogen-bond donors (Lipinski definition) is 0. The first-order chi connectivity index (χ1) is 9.28. The highest BCUT2D eigenvalue weighted by atomic mass is 32.1. The zero-order chi connectivity index (χ0) is 13.2. The fourth-order valence-corrected chi connectivity index (χ4v) is 4.33. The van der Waals surface area contributed by atoms with Gasteiger partial charge in [0.2, 0.25) is 5.91 Å². The van der Waals surface area contributed by atoms with Gasteiger partial charge in [-0.05, 0) is 44.6 Å². The van der Waals surface area contributed by atoms with Crippen molar-refractivity contribution in [1.82, 2.24) is 9.88 Å². The number of aromatic nitrogens is 1. The van der Waals surface area contributed by atoms with E-state index in [1.54, 1.807) is 0 Å². The number of carbonyl (C=O) groups is 1. The van der Waals surface area contributed by atoms with Crippen molar-refractivity contribution in [2.45, 2.75) is 44.4 Å². The Morgan fingerprint density at radius 2 is 2.21 bits per heavy atom. The summed E-state index contributed by atoms with van der Waals surface area (Å²) >= 11 is 1.89. The van der Waals surface area contributed by atoms with E-state index in [9.17, 15) is 4.79 Å². The van der Waals surface area contributed by atoms with Crippen molar-refractivity contribution < 1.29 is 4.79 Å². The van der Waals surface area contributed by atoms with E-state index in [-0.39, 0.29) is 5.91 Å². The van der Waals surface area contributed by atoms with Gasteiger partial charge in [-0.2, -0.15) is 0 Å². The zero-order valence-corrected chi connectivity index (χ0v) is 12.0. The van der Waals surface area contributed by atoms with E-state index in [1.807, 2.05) is 16.2 Å². The SMILES string of the molecule is C=CC(=O)N1CCC[C@@H](c2nc3c(s2)CCCC3)C1. The Balaban J connectivity index is 1.76. The maximum absolute atomic E-state index is 11.7. The van der Waals surface area contributed by atoms with Gasteiger partial charge in [-0.25, -0.2) is 4.98 Å². The number of fused-ring (bicyclic) bond motifs is 1. The van der Waals surface area contributed by atoms with Gasteiger partial charge >= 0.3 is 0 Å². The Morgan fingerprint density at radius 3 is 3.00 bits per heavy atom. The number of amides is 1. The van der Waals surface area contributed by atoms with E-state index in [0.29, 0.717) is 5.92 Å². The molecule has 1 aliphatic carbocycles. The summed E-state index contributed by atoms with van der Waals surface area (Å²) < 4.78 is 0. The van der Waals surface area contributed by atoms with Crippen molar-refractivity contribution in [3.8, 4) is 0 Å². The second-order valence-electron chi connectivity index (χ2n) is 5.46. The summed E-state index contributed by atoms with van der Waals surface area (Å²) in [5, 5.41) is 1.26. The van der Waals surface area contributed by atoms with E-state index in [4.69, 9.17) is 4.98 Å². The number of thiazole rings is 1. The van der Waals surface area contributed by atoms with Crippen LogP contribution in [0.2, 0.25) is 0 Å². The fourth-order valence-electron chi connectivity index (χ4n) is 3.05. The van der Waals surface area contributed by atoms with Crippen molar-refractivity contribution in [2.24, 2.45) is 0 Å². The zero-order valence-electron chi connectivity index (χ0n) is 11.2. The third kappa shape index (κ3) is 2.59. The van der Waals surface area contributed by atoms with Gasteiger partial charge < -0.3 is 4.90 Å². The van der Waals surface area contributed by atoms with Gasteiger partial charge in [-0.1, -0.05) is 6.58 Å². The molecule has 0 unspecified atom stereocenters. The first-order valence-electron chi connectivity index (χ1n) is 7.17. The molecule has 2 heterocycles. The summed E-state index contributed by atoms with van der Waals surface area (Å²) in [4.78, 5) is 20.0. The molecule has 102 valence electrons. The number of aryl methyl sites for hydroxylation is 2. The van der Waals surface area contributed by atoms with Crippen molar-refractivity contribution >= 4 is 17.2 Å². The number of carbonyl (C=O) groups excluding carboxylic acids is 1. The van der Waals surface area contributed by atoms with Gasteiger partial charge in [-0.3, -0.25) is 4.79 Å². The molecule has 1 fully saturated rings. The number of piperidine rings is 1. The predicted molar refractivity (Wildman–Crippen MR) is 77.5 cm³/mol. The topological polar surface area (TPSA) is 33.2 Å². The number of hydrogen-bond acceptors (Lipinski definition) is 3. The highest BCUT2D eigenvalue weighted by Gasteiger charge is 2.27. The molecule has 0 radical (unpaired) electrons. The molecule has 0 aromatic carbocycles. The van der Waals surface area contributed by atoms with Crippen LogP contribution in [0.25, 0.3) is 0 Å². The lowest BCUT2D eigenvalue weighted by atomic mass is 9.98. The average Bonchev–Trinajstić information content (AvgIpc) is 2.90. The highest BCUT2D eigenvalue weighted by molar-refractivity contribution is 7.11. The summed E-state index contributed by atoms with van der Waals surface area (Å²) in [7, 11) is 0. The molecule has 0 bridgehead atoms. The van der Waals surface area contributed by atoms with Crippen LogP contribution in [0, 0.1) is 0 Å². The average molecular weight is 276 g/mol. The number of rotatable bonds is 2. The molecule has 1 amide bonds. The Kier molecular flexibility index (Phi) is 3.69. The van der Waals surface area contributed by atoms with Gasteiger partial charge in [0, 0.05) is 23.9 Å². The van der Waals surface area contributed by atoms with E-state index in [0.717, 1.165) is 32.4 Å². The number of nitrogens with zero attached hydrogens (tertiary/aromatic N) is 2. The van der Waals surface area contributed by atoms with Crippen LogP contribution < -0.4 is 0 Å². The number of likely N-dealkylation sites (tertiary alicyclic amines) is 1. The van der Waals surface area contributed by atoms with Crippen molar-refractivity contribution in [1.29, 1.82) is 0 Å². The molecule has 1 aliphatic heterocycles. The first kappa shape index (κ1) is 12.9. The van der Waals surface area contributed by atoms with Crippen LogP contribution in [0.3, 0.4) is 0 Å². The highest BCUT2D eigenvalue weighted by Crippen LogP contribution is 2.34. The molecule has 4 heteroatoms. The molecule has 19 heavy (non-hydrogen) atoms. The van der Waals surface area contributed by atoms with Gasteiger partial charge in [0.05, 0.1) is 10.7 Å². The Labute approximate surface area is 118 Å². The molecule has 2 aliphatic rings. The lowest BCUT2D eigenvalue weighted by Crippen LogP contribution is -2.38. The maximum atomic E-state index is 11.7. The molecule has 0 spiro atoms. The van der Waals surface area contributed by atoms with Crippen LogP contribution in [-0.2, 0) is 17.6 Å². The normalized spacial score (nSPS) is 22.9. The summed E-state index contributed by atoms with van der Waals surface area (Å²) in [6.07, 6.45) is 8.60. The van der Waals surface area contributed by atoms with E-state index >= 15 is 0 Å². The first-order valence-corrected chi connectivity index (χ1v) is 7.99. The lowest BCUT2D eigenvalue weighted by molar-refractivity contribution is -0.127. The standard InChI is InChI=1S/C15H20N2OS/c1-2-14(18)17-9-5-6-11(10-17)15-16-12-7-3-4-8-13(12)19-15/h2,11H,1,3-10H2/t11-/m1/s1. The molecule has 1 aromatic rings. The molecular formula is C15H20N2OS. The van der Waals surface area contributed by atoms with Crippen LogP contribution in [0.5, 0.6) is 0 Å². The maximum Gasteiger partial charge on any atom is 0.245 e. The monoisotopic (exact) mass is 276 g/mol. The summed E-state index contributed by atoms with van der Waals surface area (Å²) in [6, 6.07) is 0.